The van der Waals surface area contributed by atoms with Crippen LogP contribution in [0.1, 0.15) is 28.1 Å². The standard InChI is InChI=1S/C33H43N5O8/c1-35(2)10-11-38(7)15-17-8-9-22(46-17)19-14-21(36(3)4)18-12-16-13-20-26(37(5)6)29(41)25(32(34)44)31(43)33(20,45)30(42)23(16)28(40)24(18)27(19)39/h8-9,14,16,20,26,39,41-42,45H,10-13,15H2,1-7H3,(H2,34,44)/t16-,20-,26-,33-/m1/s1. The highest BCUT2D eigenvalue weighted by molar-refractivity contribution is 6.25. The number of hydrogen-bond acceptors (Lipinski definition) is 12. The monoisotopic (exact) mass is 637 g/mol. The first kappa shape index (κ1) is 33.2. The van der Waals surface area contributed by atoms with Gasteiger partial charge in [0.1, 0.15) is 34.4 Å². The van der Waals surface area contributed by atoms with Crippen molar-refractivity contribution in [2.45, 2.75) is 31.0 Å². The molecule has 248 valence electrons. The van der Waals surface area contributed by atoms with Gasteiger partial charge in [-0.25, -0.2) is 0 Å². The smallest absolute Gasteiger partial charge is 0.255 e. The summed E-state index contributed by atoms with van der Waals surface area (Å²) in [6.07, 6.45) is 0.208. The third kappa shape index (κ3) is 5.16. The van der Waals surface area contributed by atoms with E-state index in [0.29, 0.717) is 29.3 Å². The number of Topliss-reactive ketones (excluding diaryl/α,β-unsaturated/α-hetero) is 2. The van der Waals surface area contributed by atoms with Gasteiger partial charge >= 0.3 is 0 Å². The van der Waals surface area contributed by atoms with Gasteiger partial charge < -0.3 is 40.4 Å². The molecule has 0 spiro atoms. The van der Waals surface area contributed by atoms with Gasteiger partial charge in [0, 0.05) is 44.4 Å². The lowest BCUT2D eigenvalue weighted by Crippen LogP contribution is -2.63. The number of primary amides is 1. The van der Waals surface area contributed by atoms with Crippen molar-refractivity contribution in [1.82, 2.24) is 14.7 Å². The highest BCUT2D eigenvalue weighted by Crippen LogP contribution is 2.54. The number of nitrogens with zero attached hydrogens (tertiary/aromatic N) is 4. The van der Waals surface area contributed by atoms with Gasteiger partial charge in [-0.2, -0.15) is 0 Å². The Kier molecular flexibility index (Phi) is 8.58. The van der Waals surface area contributed by atoms with E-state index >= 15 is 0 Å². The zero-order valence-electron chi connectivity index (χ0n) is 27.3. The van der Waals surface area contributed by atoms with Gasteiger partial charge in [-0.15, -0.1) is 0 Å². The molecule has 0 aliphatic heterocycles. The number of nitrogens with two attached hydrogens (primary N) is 1. The second kappa shape index (κ2) is 11.9. The first-order valence-electron chi connectivity index (χ1n) is 15.1. The summed E-state index contributed by atoms with van der Waals surface area (Å²) >= 11 is 0. The molecular weight excluding hydrogens is 594 g/mol. The number of hydrogen-bond donors (Lipinski definition) is 5. The molecule has 2 aromatic rings. The number of aliphatic hydroxyl groups excluding tert-OH is 2. The molecule has 1 aromatic heterocycles. The number of ketones is 2. The van der Waals surface area contributed by atoms with Crippen LogP contribution < -0.4 is 10.6 Å². The maximum absolute atomic E-state index is 14.3. The molecule has 13 nitrogen and oxygen atoms in total. The summed E-state index contributed by atoms with van der Waals surface area (Å²) in [6, 6.07) is 4.25. The Labute approximate surface area is 267 Å². The largest absolute Gasteiger partial charge is 0.510 e. The molecule has 0 bridgehead atoms. The van der Waals surface area contributed by atoms with Crippen LogP contribution in [0.4, 0.5) is 5.69 Å². The van der Waals surface area contributed by atoms with E-state index in [4.69, 9.17) is 10.2 Å². The van der Waals surface area contributed by atoms with Gasteiger partial charge in [0.15, 0.2) is 11.4 Å². The number of amides is 1. The lowest BCUT2D eigenvalue weighted by molar-refractivity contribution is -0.148. The van der Waals surface area contributed by atoms with E-state index in [9.17, 15) is 34.8 Å². The van der Waals surface area contributed by atoms with Gasteiger partial charge in [-0.05, 0) is 77.8 Å². The number of aromatic hydroxyl groups is 1. The Morgan fingerprint density at radius 2 is 1.72 bits per heavy atom. The summed E-state index contributed by atoms with van der Waals surface area (Å²) in [5.74, 6) is -5.88. The lowest BCUT2D eigenvalue weighted by atomic mass is 9.58. The molecule has 1 heterocycles. The average Bonchev–Trinajstić information content (AvgIpc) is 3.41. The molecule has 3 aliphatic rings. The van der Waals surface area contributed by atoms with Crippen molar-refractivity contribution < 1.29 is 39.2 Å². The summed E-state index contributed by atoms with van der Waals surface area (Å²) < 4.78 is 6.13. The van der Waals surface area contributed by atoms with Crippen molar-refractivity contribution in [2.75, 3.05) is 67.3 Å². The molecule has 0 unspecified atom stereocenters. The fourth-order valence-electron chi connectivity index (χ4n) is 7.21. The Bertz CT molecular complexity index is 1670. The maximum atomic E-state index is 14.3. The number of fused-ring (bicyclic) bond motifs is 3. The van der Waals surface area contributed by atoms with Crippen LogP contribution in [-0.4, -0.2) is 127 Å². The summed E-state index contributed by atoms with van der Waals surface area (Å²) in [4.78, 5) is 47.7. The highest BCUT2D eigenvalue weighted by Gasteiger charge is 2.63. The quantitative estimate of drug-likeness (QED) is 0.250. The third-order valence-corrected chi connectivity index (χ3v) is 9.46. The van der Waals surface area contributed by atoms with Crippen LogP contribution in [0.15, 0.2) is 45.3 Å². The van der Waals surface area contributed by atoms with Crippen LogP contribution in [0.25, 0.3) is 11.3 Å². The second-order valence-electron chi connectivity index (χ2n) is 13.3. The van der Waals surface area contributed by atoms with E-state index in [1.807, 2.05) is 46.2 Å². The van der Waals surface area contributed by atoms with E-state index in [-0.39, 0.29) is 35.3 Å². The molecular formula is C33H43N5O8. The molecule has 0 saturated heterocycles. The van der Waals surface area contributed by atoms with E-state index in [1.165, 1.54) is 4.90 Å². The Morgan fingerprint density at radius 1 is 1.04 bits per heavy atom. The normalized spacial score (nSPS) is 24.5. The predicted octanol–water partition coefficient (Wildman–Crippen LogP) is 1.44. The molecule has 4 atom stereocenters. The van der Waals surface area contributed by atoms with Gasteiger partial charge in [0.05, 0.1) is 23.7 Å². The number of allylic oxidation sites excluding steroid dienone is 1. The minimum absolute atomic E-state index is 0.0179. The minimum Gasteiger partial charge on any atom is -0.510 e. The lowest BCUT2D eigenvalue weighted by Gasteiger charge is -2.50. The molecule has 46 heavy (non-hydrogen) atoms. The maximum Gasteiger partial charge on any atom is 0.255 e. The summed E-state index contributed by atoms with van der Waals surface area (Å²) in [5, 5.41) is 46.1. The van der Waals surface area contributed by atoms with Crippen LogP contribution in [0.2, 0.25) is 0 Å². The molecule has 0 radical (unpaired) electrons. The SMILES string of the molecule is CN(C)CCN(C)Cc1ccc(-c2cc(N(C)C)c3c(c2O)C(=O)C2=C(O)[C@@]4(O)C(=O)C(C(N)=O)=C(O)[C@H](N(C)C)[C@H]4C[C@H]2C3)o1. The molecule has 6 N–H and O–H groups in total. The number of benzene rings is 1. The molecule has 5 rings (SSSR count). The average molecular weight is 638 g/mol. The molecule has 13 heteroatoms. The first-order valence-corrected chi connectivity index (χ1v) is 15.1. The molecule has 1 amide bonds. The number of anilines is 1. The van der Waals surface area contributed by atoms with Crippen molar-refractivity contribution in [3.63, 3.8) is 0 Å². The summed E-state index contributed by atoms with van der Waals surface area (Å²) in [6.45, 7) is 2.21. The van der Waals surface area contributed by atoms with Crippen molar-refractivity contribution in [3.05, 3.63) is 57.8 Å². The van der Waals surface area contributed by atoms with Crippen molar-refractivity contribution in [2.24, 2.45) is 17.6 Å². The van der Waals surface area contributed by atoms with Crippen molar-refractivity contribution >= 4 is 23.2 Å². The molecule has 3 aliphatic carbocycles. The number of rotatable bonds is 9. The minimum atomic E-state index is -2.70. The van der Waals surface area contributed by atoms with E-state index in [1.54, 1.807) is 26.2 Å². The van der Waals surface area contributed by atoms with Crippen molar-refractivity contribution in [3.8, 4) is 17.1 Å². The number of furan rings is 1. The van der Waals surface area contributed by atoms with Crippen LogP contribution in [-0.2, 0) is 22.6 Å². The molecule has 0 fully saturated rings. The van der Waals surface area contributed by atoms with Gasteiger partial charge in [-0.3, -0.25) is 24.2 Å². The van der Waals surface area contributed by atoms with E-state index in [0.717, 1.165) is 13.1 Å². The van der Waals surface area contributed by atoms with E-state index < -0.39 is 58.0 Å². The topological polar surface area (TPSA) is 184 Å². The van der Waals surface area contributed by atoms with Crippen LogP contribution in [0, 0.1) is 11.8 Å². The van der Waals surface area contributed by atoms with Crippen LogP contribution in [0.3, 0.4) is 0 Å². The van der Waals surface area contributed by atoms with Crippen molar-refractivity contribution in [1.29, 1.82) is 0 Å². The zero-order chi connectivity index (χ0) is 34.0. The number of carbonyl (C=O) groups is 3. The predicted molar refractivity (Wildman–Crippen MR) is 171 cm³/mol. The number of phenols is 1. The Balaban J connectivity index is 1.62. The Hall–Kier alpha value is -4.17. The first-order chi connectivity index (χ1) is 21.5. The highest BCUT2D eigenvalue weighted by atomic mass is 16.4. The van der Waals surface area contributed by atoms with Crippen LogP contribution in [0.5, 0.6) is 5.75 Å². The number of aliphatic hydroxyl groups is 3. The molecule has 1 aromatic carbocycles. The number of phenolic OH excluding ortho intramolecular Hbond substituents is 1. The zero-order valence-corrected chi connectivity index (χ0v) is 27.3. The molecule has 0 saturated carbocycles. The van der Waals surface area contributed by atoms with Gasteiger partial charge in [-0.1, -0.05) is 0 Å². The van der Waals surface area contributed by atoms with Crippen LogP contribution >= 0.6 is 0 Å². The van der Waals surface area contributed by atoms with Gasteiger partial charge in [0.25, 0.3) is 5.91 Å². The fourth-order valence-corrected chi connectivity index (χ4v) is 7.21. The summed E-state index contributed by atoms with van der Waals surface area (Å²) in [7, 11) is 12.8. The van der Waals surface area contributed by atoms with Gasteiger partial charge in [0.2, 0.25) is 5.78 Å². The number of likely N-dealkylation sites (N-methyl/N-ethyl adjacent to an activating group) is 3. The number of carbonyl (C=O) groups excluding carboxylic acids is 3. The van der Waals surface area contributed by atoms with E-state index in [2.05, 4.69) is 9.80 Å². The second-order valence-corrected chi connectivity index (χ2v) is 13.3. The third-order valence-electron chi connectivity index (χ3n) is 9.46. The summed E-state index contributed by atoms with van der Waals surface area (Å²) in [5.41, 5.74) is 3.08. The Morgan fingerprint density at radius 3 is 2.30 bits per heavy atom. The fraction of sp³-hybridized carbons (Fsp3) is 0.485.